The maximum absolute atomic E-state index is 9.54. The molecule has 0 unspecified atom stereocenters. The number of nitrogens with two attached hydrogens (primary N) is 1. The maximum Gasteiger partial charge on any atom is 0.194 e. The number of hydrogen-bond donors (Lipinski definition) is 2. The lowest BCUT2D eigenvalue weighted by Crippen LogP contribution is -2.72. The summed E-state index contributed by atoms with van der Waals surface area (Å²) in [6.45, 7) is 10.8. The molecule has 3 N–H and O–H groups in total. The van der Waals surface area contributed by atoms with Crippen molar-refractivity contribution in [3.8, 4) is 11.8 Å². The highest BCUT2D eigenvalue weighted by Gasteiger charge is 2.53. The van der Waals surface area contributed by atoms with Gasteiger partial charge in [-0.25, -0.2) is 4.68 Å². The Hall–Kier alpha value is -2.28. The number of nitrogens with one attached hydrogen (secondary N) is 1. The van der Waals surface area contributed by atoms with Gasteiger partial charge in [-0.05, 0) is 38.8 Å². The molecule has 0 aliphatic carbocycles. The third-order valence-electron chi connectivity index (χ3n) is 6.33. The predicted molar refractivity (Wildman–Crippen MR) is 132 cm³/mol. The highest BCUT2D eigenvalue weighted by atomic mass is 127. The molecule has 1 fully saturated rings. The average Bonchev–Trinajstić information content (AvgIpc) is 3.02. The van der Waals surface area contributed by atoms with Crippen molar-refractivity contribution in [2.45, 2.75) is 46.1 Å². The number of anilines is 1. The van der Waals surface area contributed by atoms with Crippen LogP contribution < -0.4 is 11.1 Å². The minimum absolute atomic E-state index is 0. The van der Waals surface area contributed by atoms with Crippen molar-refractivity contribution in [3.05, 3.63) is 41.6 Å². The summed E-state index contributed by atoms with van der Waals surface area (Å²) in [6, 6.07) is 11.9. The van der Waals surface area contributed by atoms with Gasteiger partial charge < -0.3 is 16.0 Å². The van der Waals surface area contributed by atoms with Crippen LogP contribution in [-0.2, 0) is 6.42 Å². The molecule has 2 aromatic rings. The van der Waals surface area contributed by atoms with E-state index in [0.717, 1.165) is 36.9 Å². The molecule has 1 saturated heterocycles. The second-order valence-electron chi connectivity index (χ2n) is 8.67. The van der Waals surface area contributed by atoms with Gasteiger partial charge in [0.15, 0.2) is 5.96 Å². The molecular formula is C22H32IN7. The van der Waals surface area contributed by atoms with E-state index in [1.807, 2.05) is 37.4 Å². The Morgan fingerprint density at radius 2 is 1.93 bits per heavy atom. The summed E-state index contributed by atoms with van der Waals surface area (Å²) in [5.74, 6) is 1.31. The van der Waals surface area contributed by atoms with Crippen molar-refractivity contribution in [1.29, 1.82) is 5.26 Å². The van der Waals surface area contributed by atoms with Crippen molar-refractivity contribution in [2.24, 2.45) is 10.4 Å². The fourth-order valence-corrected chi connectivity index (χ4v) is 3.69. The van der Waals surface area contributed by atoms with E-state index >= 15 is 0 Å². The minimum Gasteiger partial charge on any atom is -0.382 e. The van der Waals surface area contributed by atoms with Crippen LogP contribution in [0.3, 0.4) is 0 Å². The standard InChI is InChI=1S/C22H31N7.HI/c1-21(2)15-28(22(21,3)4)20(25-5)26-13-9-12-18-17(14-23)19(24)29(27-18)16-10-7-6-8-11-16;/h6-8,10-11H,9,12-13,15,24H2,1-5H3,(H,25,26);1H. The van der Waals surface area contributed by atoms with Crippen molar-refractivity contribution in [3.63, 3.8) is 0 Å². The lowest BCUT2D eigenvalue weighted by molar-refractivity contribution is -0.0667. The molecule has 1 aliphatic rings. The number of aliphatic imine (C=N–C) groups is 1. The fourth-order valence-electron chi connectivity index (χ4n) is 3.69. The number of nitrogen functional groups attached to an aromatic ring is 1. The number of nitrogens with zero attached hydrogens (tertiary/aromatic N) is 5. The third kappa shape index (κ3) is 4.26. The second-order valence-corrected chi connectivity index (χ2v) is 8.67. The highest BCUT2D eigenvalue weighted by Crippen LogP contribution is 2.46. The van der Waals surface area contributed by atoms with Gasteiger partial charge in [-0.15, -0.1) is 24.0 Å². The Balaban J connectivity index is 0.00000320. The number of guanidine groups is 1. The zero-order valence-corrected chi connectivity index (χ0v) is 20.8. The molecule has 8 heteroatoms. The van der Waals surface area contributed by atoms with E-state index in [0.29, 0.717) is 17.8 Å². The summed E-state index contributed by atoms with van der Waals surface area (Å²) in [5.41, 5.74) is 8.55. The van der Waals surface area contributed by atoms with Crippen LogP contribution in [-0.4, -0.2) is 46.3 Å². The lowest BCUT2D eigenvalue weighted by atomic mass is 9.65. The van der Waals surface area contributed by atoms with Crippen molar-refractivity contribution < 1.29 is 0 Å². The molecule has 0 atom stereocenters. The molecule has 0 amide bonds. The first kappa shape index (κ1) is 24.0. The Kier molecular flexibility index (Phi) is 7.40. The highest BCUT2D eigenvalue weighted by molar-refractivity contribution is 14.0. The predicted octanol–water partition coefficient (Wildman–Crippen LogP) is 3.57. The van der Waals surface area contributed by atoms with Crippen molar-refractivity contribution in [2.75, 3.05) is 25.9 Å². The first-order valence-electron chi connectivity index (χ1n) is 10.0. The smallest absolute Gasteiger partial charge is 0.194 e. The summed E-state index contributed by atoms with van der Waals surface area (Å²) in [4.78, 5) is 6.76. The average molecular weight is 521 g/mol. The first-order chi connectivity index (χ1) is 13.7. The zero-order valence-electron chi connectivity index (χ0n) is 18.4. The molecule has 1 aromatic heterocycles. The normalized spacial score (nSPS) is 16.9. The van der Waals surface area contributed by atoms with Crippen molar-refractivity contribution >= 4 is 35.8 Å². The SMILES string of the molecule is CN=C(NCCCc1nn(-c2ccccc2)c(N)c1C#N)N1CC(C)(C)C1(C)C.I. The molecule has 1 aromatic carbocycles. The Labute approximate surface area is 196 Å². The number of para-hydroxylation sites is 1. The van der Waals surface area contributed by atoms with E-state index in [4.69, 9.17) is 5.73 Å². The molecule has 0 saturated carbocycles. The molecular weight excluding hydrogens is 489 g/mol. The van der Waals surface area contributed by atoms with E-state index in [-0.39, 0.29) is 34.9 Å². The number of nitriles is 1. The molecule has 162 valence electrons. The molecule has 30 heavy (non-hydrogen) atoms. The summed E-state index contributed by atoms with van der Waals surface area (Å²) in [6.07, 6.45) is 1.50. The summed E-state index contributed by atoms with van der Waals surface area (Å²) in [7, 11) is 1.82. The number of halogens is 1. The van der Waals surface area contributed by atoms with Crippen LogP contribution in [0, 0.1) is 16.7 Å². The van der Waals surface area contributed by atoms with Gasteiger partial charge in [0.25, 0.3) is 0 Å². The van der Waals surface area contributed by atoms with Crippen molar-refractivity contribution in [1.82, 2.24) is 20.0 Å². The monoisotopic (exact) mass is 521 g/mol. The van der Waals surface area contributed by atoms with E-state index in [2.05, 4.69) is 54.1 Å². The van der Waals surface area contributed by atoms with E-state index in [1.165, 1.54) is 0 Å². The van der Waals surface area contributed by atoms with Crippen LogP contribution in [0.4, 0.5) is 5.82 Å². The van der Waals surface area contributed by atoms with Gasteiger partial charge in [0.1, 0.15) is 17.5 Å². The molecule has 0 spiro atoms. The summed E-state index contributed by atoms with van der Waals surface area (Å²) >= 11 is 0. The van der Waals surface area contributed by atoms with Gasteiger partial charge in [-0.1, -0.05) is 32.0 Å². The van der Waals surface area contributed by atoms with Gasteiger partial charge in [0.05, 0.1) is 11.4 Å². The van der Waals surface area contributed by atoms with Crippen LogP contribution in [0.15, 0.2) is 35.3 Å². The maximum atomic E-state index is 9.54. The van der Waals surface area contributed by atoms with Gasteiger partial charge in [-0.2, -0.15) is 10.4 Å². The summed E-state index contributed by atoms with van der Waals surface area (Å²) in [5, 5.41) is 17.6. The number of aromatic nitrogens is 2. The van der Waals surface area contributed by atoms with E-state index < -0.39 is 0 Å². The molecule has 7 nitrogen and oxygen atoms in total. The van der Waals surface area contributed by atoms with Gasteiger partial charge >= 0.3 is 0 Å². The largest absolute Gasteiger partial charge is 0.382 e. The number of aryl methyl sites for hydroxylation is 1. The van der Waals surface area contributed by atoms with Gasteiger partial charge in [0.2, 0.25) is 0 Å². The topological polar surface area (TPSA) is 95.3 Å². The fraction of sp³-hybridized carbons (Fsp3) is 0.500. The Bertz CT molecular complexity index is 938. The quantitative estimate of drug-likeness (QED) is 0.272. The van der Waals surface area contributed by atoms with Crippen LogP contribution in [0.2, 0.25) is 0 Å². The minimum atomic E-state index is 0. The van der Waals surface area contributed by atoms with Crippen LogP contribution in [0.1, 0.15) is 45.4 Å². The molecule has 2 heterocycles. The molecule has 3 rings (SSSR count). The second kappa shape index (κ2) is 9.25. The molecule has 0 radical (unpaired) electrons. The van der Waals surface area contributed by atoms with E-state index in [9.17, 15) is 5.26 Å². The van der Waals surface area contributed by atoms with Crippen LogP contribution in [0.5, 0.6) is 0 Å². The lowest BCUT2D eigenvalue weighted by Gasteiger charge is -2.62. The number of hydrogen-bond acceptors (Lipinski definition) is 4. The Morgan fingerprint density at radius 3 is 2.47 bits per heavy atom. The zero-order chi connectivity index (χ0) is 21.2. The van der Waals surface area contributed by atoms with Gasteiger partial charge in [0, 0.05) is 31.1 Å². The van der Waals surface area contributed by atoms with Crippen LogP contribution in [0.25, 0.3) is 5.69 Å². The van der Waals surface area contributed by atoms with Crippen LogP contribution >= 0.6 is 24.0 Å². The summed E-state index contributed by atoms with van der Waals surface area (Å²) < 4.78 is 1.64. The molecule has 0 bridgehead atoms. The van der Waals surface area contributed by atoms with E-state index in [1.54, 1.807) is 4.68 Å². The number of benzene rings is 1. The van der Waals surface area contributed by atoms with Gasteiger partial charge in [-0.3, -0.25) is 4.99 Å². The number of rotatable bonds is 5. The molecule has 1 aliphatic heterocycles. The Morgan fingerprint density at radius 1 is 1.27 bits per heavy atom. The first-order valence-corrected chi connectivity index (χ1v) is 10.0. The third-order valence-corrected chi connectivity index (χ3v) is 6.33. The number of likely N-dealkylation sites (tertiary alicyclic amines) is 1.